The van der Waals surface area contributed by atoms with Gasteiger partial charge in [0.2, 0.25) is 0 Å². The van der Waals surface area contributed by atoms with Gasteiger partial charge in [-0.05, 0) is 25.0 Å². The van der Waals surface area contributed by atoms with E-state index in [1.54, 1.807) is 18.2 Å². The van der Waals surface area contributed by atoms with Crippen molar-refractivity contribution < 1.29 is 14.3 Å². The molecule has 1 aliphatic rings. The van der Waals surface area contributed by atoms with E-state index < -0.39 is 17.3 Å². The van der Waals surface area contributed by atoms with Crippen LogP contribution in [0, 0.1) is 5.82 Å². The number of carbonyl (C=O) groups is 1. The van der Waals surface area contributed by atoms with E-state index in [2.05, 4.69) is 5.32 Å². The van der Waals surface area contributed by atoms with Gasteiger partial charge in [-0.3, -0.25) is 0 Å². The lowest BCUT2D eigenvalue weighted by molar-refractivity contribution is -0.311. The lowest BCUT2D eigenvalue weighted by Crippen LogP contribution is -2.52. The van der Waals surface area contributed by atoms with Crippen molar-refractivity contribution in [2.24, 2.45) is 0 Å². The molecule has 0 unspecified atom stereocenters. The Bertz CT molecular complexity index is 400. The third-order valence-corrected chi connectivity index (χ3v) is 3.10. The van der Waals surface area contributed by atoms with Crippen LogP contribution in [0.15, 0.2) is 24.3 Å². The smallest absolute Gasteiger partial charge is 0.146 e. The highest BCUT2D eigenvalue weighted by Gasteiger charge is 2.35. The summed E-state index contributed by atoms with van der Waals surface area (Å²) in [6.07, 6.45) is 2.64. The van der Waals surface area contributed by atoms with Crippen LogP contribution in [-0.2, 0) is 4.79 Å². The Labute approximate surface area is 93.3 Å². The van der Waals surface area contributed by atoms with Crippen LogP contribution in [0.25, 0.3) is 0 Å². The number of rotatable bonds is 3. The molecule has 1 saturated carbocycles. The minimum absolute atomic E-state index is 0.230. The van der Waals surface area contributed by atoms with Crippen molar-refractivity contribution in [2.45, 2.75) is 31.2 Å². The number of nitrogens with one attached hydrogen (secondary N) is 1. The molecule has 1 fully saturated rings. The summed E-state index contributed by atoms with van der Waals surface area (Å²) in [4.78, 5) is 11.1. The maximum absolute atomic E-state index is 13.4. The molecule has 0 heterocycles. The zero-order chi connectivity index (χ0) is 11.6. The molecular weight excluding hydrogens is 209 g/mol. The first-order valence-corrected chi connectivity index (χ1v) is 5.38. The summed E-state index contributed by atoms with van der Waals surface area (Å²) >= 11 is 0. The molecule has 1 aromatic carbocycles. The van der Waals surface area contributed by atoms with E-state index in [1.165, 1.54) is 6.07 Å². The van der Waals surface area contributed by atoms with Gasteiger partial charge in [0.1, 0.15) is 5.82 Å². The predicted molar refractivity (Wildman–Crippen MR) is 56.2 cm³/mol. The van der Waals surface area contributed by atoms with Crippen molar-refractivity contribution in [3.05, 3.63) is 30.1 Å². The summed E-state index contributed by atoms with van der Waals surface area (Å²) in [7, 11) is 0. The summed E-state index contributed by atoms with van der Waals surface area (Å²) in [6, 6.07) is 6.09. The molecule has 4 heteroatoms. The first-order valence-electron chi connectivity index (χ1n) is 5.38. The highest BCUT2D eigenvalue weighted by Crippen LogP contribution is 2.33. The number of hydrogen-bond donors (Lipinski definition) is 1. The van der Waals surface area contributed by atoms with Crippen LogP contribution in [0.1, 0.15) is 25.7 Å². The number of aliphatic carboxylic acids is 1. The molecule has 1 aromatic rings. The second kappa shape index (κ2) is 4.12. The first-order chi connectivity index (χ1) is 7.64. The molecule has 16 heavy (non-hydrogen) atoms. The highest BCUT2D eigenvalue weighted by atomic mass is 19.1. The summed E-state index contributed by atoms with van der Waals surface area (Å²) < 4.78 is 13.4. The molecule has 3 nitrogen and oxygen atoms in total. The molecule has 1 N–H and O–H groups in total. The standard InChI is InChI=1S/C12H14FNO2/c13-9-5-1-2-6-10(9)14-12(11(15)16)7-3-4-8-12/h1-2,5-6,14H,3-4,7-8H2,(H,15,16)/p-1. The zero-order valence-corrected chi connectivity index (χ0v) is 8.83. The lowest BCUT2D eigenvalue weighted by atomic mass is 9.97. The molecule has 1 aliphatic carbocycles. The molecule has 0 bridgehead atoms. The fraction of sp³-hybridized carbons (Fsp3) is 0.417. The number of carboxylic acids is 1. The molecule has 2 rings (SSSR count). The maximum atomic E-state index is 13.4. The van der Waals surface area contributed by atoms with Crippen LogP contribution >= 0.6 is 0 Å². The molecule has 86 valence electrons. The number of hydrogen-bond acceptors (Lipinski definition) is 3. The second-order valence-corrected chi connectivity index (χ2v) is 4.18. The number of anilines is 1. The molecule has 0 atom stereocenters. The first kappa shape index (κ1) is 10.9. The maximum Gasteiger partial charge on any atom is 0.146 e. The van der Waals surface area contributed by atoms with Gasteiger partial charge in [0.05, 0.1) is 17.2 Å². The van der Waals surface area contributed by atoms with Crippen LogP contribution in [-0.4, -0.2) is 11.5 Å². The monoisotopic (exact) mass is 222 g/mol. The Hall–Kier alpha value is -1.58. The van der Waals surface area contributed by atoms with E-state index in [4.69, 9.17) is 0 Å². The Balaban J connectivity index is 2.25. The van der Waals surface area contributed by atoms with E-state index in [1.807, 2.05) is 0 Å². The summed E-state index contributed by atoms with van der Waals surface area (Å²) in [5, 5.41) is 13.9. The number of carboxylic acid groups (broad SMARTS) is 1. The Morgan fingerprint density at radius 1 is 1.31 bits per heavy atom. The Morgan fingerprint density at radius 2 is 1.94 bits per heavy atom. The number of halogens is 1. The van der Waals surface area contributed by atoms with Gasteiger partial charge in [-0.25, -0.2) is 4.39 Å². The van der Waals surface area contributed by atoms with Crippen molar-refractivity contribution in [3.8, 4) is 0 Å². The Kier molecular flexibility index (Phi) is 2.81. The van der Waals surface area contributed by atoms with E-state index in [0.717, 1.165) is 12.8 Å². The zero-order valence-electron chi connectivity index (χ0n) is 8.83. The minimum atomic E-state index is -1.15. The van der Waals surface area contributed by atoms with Gasteiger partial charge in [0, 0.05) is 0 Å². The Morgan fingerprint density at radius 3 is 2.50 bits per heavy atom. The highest BCUT2D eigenvalue weighted by molar-refractivity contribution is 5.81. The number of benzene rings is 1. The van der Waals surface area contributed by atoms with Gasteiger partial charge in [-0.2, -0.15) is 0 Å². The van der Waals surface area contributed by atoms with Crippen molar-refractivity contribution in [1.29, 1.82) is 0 Å². The fourth-order valence-corrected chi connectivity index (χ4v) is 2.18. The topological polar surface area (TPSA) is 52.2 Å². The molecule has 0 spiro atoms. The van der Waals surface area contributed by atoms with Crippen molar-refractivity contribution >= 4 is 11.7 Å². The van der Waals surface area contributed by atoms with Gasteiger partial charge in [-0.1, -0.05) is 25.0 Å². The van der Waals surface area contributed by atoms with Crippen molar-refractivity contribution in [2.75, 3.05) is 5.32 Å². The van der Waals surface area contributed by atoms with Crippen LogP contribution in [0.3, 0.4) is 0 Å². The van der Waals surface area contributed by atoms with Crippen molar-refractivity contribution in [3.63, 3.8) is 0 Å². The van der Waals surface area contributed by atoms with Crippen LogP contribution < -0.4 is 10.4 Å². The molecule has 0 aromatic heterocycles. The average molecular weight is 222 g/mol. The summed E-state index contributed by atoms with van der Waals surface area (Å²) in [5.41, 5.74) is -0.865. The number of carbonyl (C=O) groups excluding carboxylic acids is 1. The van der Waals surface area contributed by atoms with Crippen LogP contribution in [0.2, 0.25) is 0 Å². The third kappa shape index (κ3) is 1.87. The third-order valence-electron chi connectivity index (χ3n) is 3.10. The van der Waals surface area contributed by atoms with Gasteiger partial charge in [-0.15, -0.1) is 0 Å². The van der Waals surface area contributed by atoms with E-state index in [-0.39, 0.29) is 5.69 Å². The SMILES string of the molecule is O=C([O-])C1(Nc2ccccc2F)CCCC1. The van der Waals surface area contributed by atoms with Crippen LogP contribution in [0.4, 0.5) is 10.1 Å². The minimum Gasteiger partial charge on any atom is -0.548 e. The average Bonchev–Trinajstić information content (AvgIpc) is 2.71. The molecule has 0 radical (unpaired) electrons. The molecule has 0 aliphatic heterocycles. The normalized spacial score (nSPS) is 18.3. The summed E-state index contributed by atoms with van der Waals surface area (Å²) in [6.45, 7) is 0. The van der Waals surface area contributed by atoms with Gasteiger partial charge in [0.15, 0.2) is 0 Å². The predicted octanol–water partition coefficient (Wildman–Crippen LogP) is 1.30. The lowest BCUT2D eigenvalue weighted by Gasteiger charge is -2.32. The molecule has 0 amide bonds. The number of para-hydroxylation sites is 1. The fourth-order valence-electron chi connectivity index (χ4n) is 2.18. The second-order valence-electron chi connectivity index (χ2n) is 4.18. The van der Waals surface area contributed by atoms with Gasteiger partial charge in [0.25, 0.3) is 0 Å². The van der Waals surface area contributed by atoms with Gasteiger partial charge >= 0.3 is 0 Å². The summed E-state index contributed by atoms with van der Waals surface area (Å²) in [5.74, 6) is -1.58. The van der Waals surface area contributed by atoms with Crippen LogP contribution in [0.5, 0.6) is 0 Å². The quantitative estimate of drug-likeness (QED) is 0.838. The van der Waals surface area contributed by atoms with E-state index >= 15 is 0 Å². The molecular formula is C12H13FNO2-. The van der Waals surface area contributed by atoms with E-state index in [0.29, 0.717) is 12.8 Å². The van der Waals surface area contributed by atoms with E-state index in [9.17, 15) is 14.3 Å². The largest absolute Gasteiger partial charge is 0.548 e. The van der Waals surface area contributed by atoms with Gasteiger partial charge < -0.3 is 15.2 Å². The molecule has 0 saturated heterocycles. The van der Waals surface area contributed by atoms with Crippen molar-refractivity contribution in [1.82, 2.24) is 0 Å².